The third kappa shape index (κ3) is 4.15. The summed E-state index contributed by atoms with van der Waals surface area (Å²) in [4.78, 5) is 17.1. The van der Waals surface area contributed by atoms with Gasteiger partial charge in [0.2, 0.25) is 5.91 Å². The Morgan fingerprint density at radius 1 is 1.16 bits per heavy atom. The van der Waals surface area contributed by atoms with Gasteiger partial charge in [-0.05, 0) is 48.7 Å². The molecule has 6 nitrogen and oxygen atoms in total. The van der Waals surface area contributed by atoms with Gasteiger partial charge >= 0.3 is 0 Å². The van der Waals surface area contributed by atoms with Crippen LogP contribution in [0, 0.1) is 11.3 Å². The highest BCUT2D eigenvalue weighted by molar-refractivity contribution is 8.03. The number of allylic oxidation sites excluding steroid dienone is 1. The first-order chi connectivity index (χ1) is 15.6. The van der Waals surface area contributed by atoms with Crippen molar-refractivity contribution in [2.24, 2.45) is 0 Å². The van der Waals surface area contributed by atoms with Crippen LogP contribution in [0.1, 0.15) is 37.3 Å². The number of nitrogens with zero attached hydrogens (tertiary/aromatic N) is 3. The number of fused-ring (bicyclic) bond motifs is 1. The molecule has 0 radical (unpaired) electrons. The van der Waals surface area contributed by atoms with Gasteiger partial charge in [0, 0.05) is 18.0 Å². The number of carbonyl (C=O) groups excluding carboxylic acids is 1. The number of nitriles is 1. The molecule has 0 aliphatic carbocycles. The summed E-state index contributed by atoms with van der Waals surface area (Å²) in [6, 6.07) is 16.5. The molecule has 0 bridgehead atoms. The Bertz CT molecular complexity index is 1070. The van der Waals surface area contributed by atoms with Crippen molar-refractivity contribution in [2.45, 2.75) is 32.6 Å². The molecule has 1 saturated heterocycles. The van der Waals surface area contributed by atoms with Gasteiger partial charge in [-0.2, -0.15) is 5.26 Å². The highest BCUT2D eigenvalue weighted by Gasteiger charge is 2.38. The minimum Gasteiger partial charge on any atom is -0.493 e. The van der Waals surface area contributed by atoms with E-state index in [2.05, 4.69) is 42.2 Å². The summed E-state index contributed by atoms with van der Waals surface area (Å²) in [5.74, 6) is 1.70. The van der Waals surface area contributed by atoms with Crippen LogP contribution >= 0.6 is 11.8 Å². The van der Waals surface area contributed by atoms with Crippen LogP contribution in [0.3, 0.4) is 0 Å². The first-order valence-corrected chi connectivity index (χ1v) is 11.8. The van der Waals surface area contributed by atoms with Crippen LogP contribution in [0.25, 0.3) is 0 Å². The van der Waals surface area contributed by atoms with Crippen LogP contribution in [-0.4, -0.2) is 37.1 Å². The minimum absolute atomic E-state index is 0.0271. The first-order valence-electron chi connectivity index (χ1n) is 10.8. The average molecular weight is 450 g/mol. The molecule has 7 heteroatoms. The molecule has 2 aliphatic heterocycles. The number of carbonyl (C=O) groups is 1. The van der Waals surface area contributed by atoms with Gasteiger partial charge < -0.3 is 14.4 Å². The molecular formula is C25H27N3O3S. The predicted molar refractivity (Wildman–Crippen MR) is 127 cm³/mol. The van der Waals surface area contributed by atoms with Crippen molar-refractivity contribution in [1.29, 1.82) is 5.26 Å². The molecule has 2 aromatic carbocycles. The Kier molecular flexibility index (Phi) is 6.61. The molecule has 1 atom stereocenters. The second-order valence-electron chi connectivity index (χ2n) is 7.73. The third-order valence-electron chi connectivity index (χ3n) is 5.89. The Morgan fingerprint density at radius 2 is 1.94 bits per heavy atom. The zero-order valence-electron chi connectivity index (χ0n) is 18.6. The number of hydrogen-bond donors (Lipinski definition) is 0. The summed E-state index contributed by atoms with van der Waals surface area (Å²) >= 11 is 1.55. The van der Waals surface area contributed by atoms with Crippen LogP contribution in [0.2, 0.25) is 0 Å². The van der Waals surface area contributed by atoms with E-state index >= 15 is 0 Å². The van der Waals surface area contributed by atoms with Crippen molar-refractivity contribution in [2.75, 3.05) is 31.2 Å². The van der Waals surface area contributed by atoms with Gasteiger partial charge in [0.15, 0.2) is 11.5 Å². The largest absolute Gasteiger partial charge is 0.493 e. The number of aryl methyl sites for hydroxylation is 1. The lowest BCUT2D eigenvalue weighted by atomic mass is 9.86. The number of benzene rings is 2. The van der Waals surface area contributed by atoms with Gasteiger partial charge in [-0.1, -0.05) is 36.9 Å². The van der Waals surface area contributed by atoms with E-state index < -0.39 is 0 Å². The van der Waals surface area contributed by atoms with Crippen molar-refractivity contribution in [1.82, 2.24) is 4.90 Å². The van der Waals surface area contributed by atoms with Crippen molar-refractivity contribution in [3.05, 3.63) is 64.2 Å². The summed E-state index contributed by atoms with van der Waals surface area (Å²) in [6.07, 6.45) is 1.25. The fraction of sp³-hybridized carbons (Fsp3) is 0.360. The summed E-state index contributed by atoms with van der Waals surface area (Å²) < 4.78 is 11.1. The van der Waals surface area contributed by atoms with Gasteiger partial charge in [-0.3, -0.25) is 9.69 Å². The van der Waals surface area contributed by atoms with E-state index in [4.69, 9.17) is 9.47 Å². The molecule has 0 saturated carbocycles. The van der Waals surface area contributed by atoms with Crippen LogP contribution in [0.5, 0.6) is 11.5 Å². The molecule has 2 aromatic rings. The highest BCUT2D eigenvalue weighted by Crippen LogP contribution is 2.44. The van der Waals surface area contributed by atoms with E-state index in [-0.39, 0.29) is 18.2 Å². The SMILES string of the molecule is CCOc1ccc([C@H]2CC(=O)N3CN(c4ccc(CC)cc4)CSC3=C2C#N)cc1OC. The van der Waals surface area contributed by atoms with E-state index in [1.54, 1.807) is 23.8 Å². The molecule has 32 heavy (non-hydrogen) atoms. The van der Waals surface area contributed by atoms with E-state index in [9.17, 15) is 10.1 Å². The maximum absolute atomic E-state index is 13.2. The van der Waals surface area contributed by atoms with E-state index in [0.717, 1.165) is 22.7 Å². The Morgan fingerprint density at radius 3 is 2.59 bits per heavy atom. The molecule has 2 aliphatic rings. The van der Waals surface area contributed by atoms with Crippen LogP contribution in [0.15, 0.2) is 53.1 Å². The van der Waals surface area contributed by atoms with Crippen molar-refractivity contribution < 1.29 is 14.3 Å². The van der Waals surface area contributed by atoms with Gasteiger partial charge in [0.05, 0.1) is 42.9 Å². The van der Waals surface area contributed by atoms with E-state index in [0.29, 0.717) is 36.2 Å². The van der Waals surface area contributed by atoms with Gasteiger partial charge in [0.25, 0.3) is 0 Å². The van der Waals surface area contributed by atoms with E-state index in [1.807, 2.05) is 25.1 Å². The molecule has 166 valence electrons. The summed E-state index contributed by atoms with van der Waals surface area (Å²) in [5.41, 5.74) is 3.90. The molecule has 0 aromatic heterocycles. The molecule has 0 N–H and O–H groups in total. The quantitative estimate of drug-likeness (QED) is 0.627. The first kappa shape index (κ1) is 22.1. The van der Waals surface area contributed by atoms with Crippen LogP contribution in [-0.2, 0) is 11.2 Å². The lowest BCUT2D eigenvalue weighted by Gasteiger charge is -2.42. The maximum atomic E-state index is 13.2. The topological polar surface area (TPSA) is 65.8 Å². The normalized spacial score (nSPS) is 18.3. The Hall–Kier alpha value is -3.11. The Labute approximate surface area is 193 Å². The second-order valence-corrected chi connectivity index (χ2v) is 8.66. The number of hydrogen-bond acceptors (Lipinski definition) is 6. The zero-order chi connectivity index (χ0) is 22.7. The van der Waals surface area contributed by atoms with Crippen LogP contribution < -0.4 is 14.4 Å². The molecule has 0 unspecified atom stereocenters. The molecule has 4 rings (SSSR count). The number of methoxy groups -OCH3 is 1. The van der Waals surface area contributed by atoms with Gasteiger partial charge in [0.1, 0.15) is 0 Å². The van der Waals surface area contributed by atoms with Gasteiger partial charge in [-0.15, -0.1) is 0 Å². The molecular weight excluding hydrogens is 422 g/mol. The number of ether oxygens (including phenoxy) is 2. The fourth-order valence-corrected chi connectivity index (χ4v) is 5.30. The molecule has 0 spiro atoms. The molecule has 1 fully saturated rings. The molecule has 1 amide bonds. The maximum Gasteiger partial charge on any atom is 0.229 e. The molecule has 2 heterocycles. The lowest BCUT2D eigenvalue weighted by molar-refractivity contribution is -0.129. The monoisotopic (exact) mass is 449 g/mol. The zero-order valence-corrected chi connectivity index (χ0v) is 19.4. The Balaban J connectivity index is 1.63. The van der Waals surface area contributed by atoms with Crippen molar-refractivity contribution in [3.63, 3.8) is 0 Å². The van der Waals surface area contributed by atoms with Gasteiger partial charge in [-0.25, -0.2) is 0 Å². The summed E-state index contributed by atoms with van der Waals surface area (Å²) in [7, 11) is 1.59. The number of anilines is 1. The highest BCUT2D eigenvalue weighted by atomic mass is 32.2. The van der Waals surface area contributed by atoms with E-state index in [1.165, 1.54) is 5.56 Å². The summed E-state index contributed by atoms with van der Waals surface area (Å²) in [6.45, 7) is 5.04. The number of amides is 1. The number of thioether (sulfide) groups is 1. The third-order valence-corrected chi connectivity index (χ3v) is 7.05. The van der Waals surface area contributed by atoms with Crippen molar-refractivity contribution in [3.8, 4) is 17.6 Å². The average Bonchev–Trinajstić information content (AvgIpc) is 2.84. The fourth-order valence-electron chi connectivity index (χ4n) is 4.13. The van der Waals surface area contributed by atoms with Crippen molar-refractivity contribution >= 4 is 23.4 Å². The standard InChI is InChI=1S/C25H27N3O3S/c1-4-17-6-9-19(10-7-17)27-15-28-24(29)13-20(21(14-26)25(28)32-16-27)18-8-11-22(31-5-2)23(12-18)30-3/h6-12,20H,4-5,13,15-16H2,1-3H3/t20-/m1/s1. The summed E-state index contributed by atoms with van der Waals surface area (Å²) in [5, 5.41) is 10.8. The minimum atomic E-state index is -0.286. The lowest BCUT2D eigenvalue weighted by Crippen LogP contribution is -2.47. The predicted octanol–water partition coefficient (Wildman–Crippen LogP) is 4.88. The second kappa shape index (κ2) is 9.58. The van der Waals surface area contributed by atoms with Crippen LogP contribution in [0.4, 0.5) is 5.69 Å². The smallest absolute Gasteiger partial charge is 0.229 e. The number of rotatable bonds is 6.